The Hall–Kier alpha value is -1.47. The van der Waals surface area contributed by atoms with Gasteiger partial charge >= 0.3 is 0 Å². The highest BCUT2D eigenvalue weighted by atomic mass is 79.9. The summed E-state index contributed by atoms with van der Waals surface area (Å²) in [4.78, 5) is 24.2. The van der Waals surface area contributed by atoms with Gasteiger partial charge in [-0.2, -0.15) is 0 Å². The van der Waals surface area contributed by atoms with E-state index in [0.717, 1.165) is 19.4 Å². The molecular formula is C13H18BrN3O3. The first-order chi connectivity index (χ1) is 9.41. The van der Waals surface area contributed by atoms with Gasteiger partial charge in [-0.3, -0.25) is 14.9 Å². The number of halogens is 1. The fourth-order valence-electron chi connectivity index (χ4n) is 1.65. The summed E-state index contributed by atoms with van der Waals surface area (Å²) in [5, 5.41) is 13.5. The van der Waals surface area contributed by atoms with Crippen LogP contribution in [0.25, 0.3) is 0 Å². The van der Waals surface area contributed by atoms with E-state index in [9.17, 15) is 14.9 Å². The molecule has 110 valence electrons. The van der Waals surface area contributed by atoms with Gasteiger partial charge in [0.2, 0.25) is 0 Å². The second-order valence-corrected chi connectivity index (χ2v) is 5.54. The summed E-state index contributed by atoms with van der Waals surface area (Å²) < 4.78 is 0.550. The number of unbranched alkanes of at least 4 members (excludes halogenated alkanes) is 1. The van der Waals surface area contributed by atoms with Crippen molar-refractivity contribution in [2.75, 3.05) is 27.2 Å². The lowest BCUT2D eigenvalue weighted by atomic mass is 10.2. The van der Waals surface area contributed by atoms with Crippen molar-refractivity contribution in [3.63, 3.8) is 0 Å². The monoisotopic (exact) mass is 343 g/mol. The molecule has 1 amide bonds. The number of benzene rings is 1. The number of amides is 1. The first kappa shape index (κ1) is 16.6. The number of carbonyl (C=O) groups is 1. The van der Waals surface area contributed by atoms with Crippen LogP contribution >= 0.6 is 15.9 Å². The van der Waals surface area contributed by atoms with Crippen LogP contribution in [0.4, 0.5) is 5.69 Å². The molecule has 0 saturated heterocycles. The molecule has 6 nitrogen and oxygen atoms in total. The lowest BCUT2D eigenvalue weighted by Gasteiger charge is -2.10. The number of nitrogens with zero attached hydrogens (tertiary/aromatic N) is 2. The van der Waals surface area contributed by atoms with Gasteiger partial charge in [0.25, 0.3) is 11.6 Å². The SMILES string of the molecule is CN(C)CCCCNC(=O)c1cc([N+](=O)[O-])ccc1Br. The highest BCUT2D eigenvalue weighted by Gasteiger charge is 2.14. The zero-order valence-corrected chi connectivity index (χ0v) is 13.1. The van der Waals surface area contributed by atoms with Gasteiger partial charge in [0, 0.05) is 23.2 Å². The Balaban J connectivity index is 2.55. The van der Waals surface area contributed by atoms with Crippen molar-refractivity contribution in [1.82, 2.24) is 10.2 Å². The number of hydrogen-bond acceptors (Lipinski definition) is 4. The van der Waals surface area contributed by atoms with E-state index in [1.165, 1.54) is 18.2 Å². The van der Waals surface area contributed by atoms with Gasteiger partial charge in [-0.1, -0.05) is 0 Å². The van der Waals surface area contributed by atoms with Crippen LogP contribution in [0.5, 0.6) is 0 Å². The average molecular weight is 344 g/mol. The first-order valence-corrected chi connectivity index (χ1v) is 7.08. The van der Waals surface area contributed by atoms with Crippen molar-refractivity contribution < 1.29 is 9.72 Å². The Kier molecular flexibility index (Phi) is 6.60. The molecule has 1 aromatic rings. The second-order valence-electron chi connectivity index (χ2n) is 4.69. The van der Waals surface area contributed by atoms with E-state index in [-0.39, 0.29) is 17.2 Å². The second kappa shape index (κ2) is 7.96. The van der Waals surface area contributed by atoms with E-state index in [0.29, 0.717) is 11.0 Å². The van der Waals surface area contributed by atoms with Crippen LogP contribution in [0.2, 0.25) is 0 Å². The molecule has 1 N–H and O–H groups in total. The maximum absolute atomic E-state index is 12.0. The zero-order valence-electron chi connectivity index (χ0n) is 11.6. The highest BCUT2D eigenvalue weighted by Crippen LogP contribution is 2.22. The van der Waals surface area contributed by atoms with Gasteiger partial charge in [0.15, 0.2) is 0 Å². The summed E-state index contributed by atoms with van der Waals surface area (Å²) in [6.07, 6.45) is 1.86. The molecule has 0 spiro atoms. The summed E-state index contributed by atoms with van der Waals surface area (Å²) in [6.45, 7) is 1.53. The van der Waals surface area contributed by atoms with Gasteiger partial charge in [-0.15, -0.1) is 0 Å². The van der Waals surface area contributed by atoms with Crippen LogP contribution in [0.1, 0.15) is 23.2 Å². The third kappa shape index (κ3) is 5.26. The molecule has 0 atom stereocenters. The van der Waals surface area contributed by atoms with E-state index >= 15 is 0 Å². The van der Waals surface area contributed by atoms with Crippen molar-refractivity contribution in [2.45, 2.75) is 12.8 Å². The minimum absolute atomic E-state index is 0.0917. The minimum atomic E-state index is -0.514. The zero-order chi connectivity index (χ0) is 15.1. The van der Waals surface area contributed by atoms with Gasteiger partial charge in [-0.25, -0.2) is 0 Å². The van der Waals surface area contributed by atoms with Crippen molar-refractivity contribution in [3.8, 4) is 0 Å². The van der Waals surface area contributed by atoms with Gasteiger partial charge < -0.3 is 10.2 Å². The number of non-ortho nitro benzene ring substituents is 1. The van der Waals surface area contributed by atoms with Crippen molar-refractivity contribution in [3.05, 3.63) is 38.3 Å². The Morgan fingerprint density at radius 3 is 2.70 bits per heavy atom. The quantitative estimate of drug-likeness (QED) is 0.468. The van der Waals surface area contributed by atoms with Crippen LogP contribution in [-0.4, -0.2) is 42.9 Å². The number of rotatable bonds is 7. The van der Waals surface area contributed by atoms with Gasteiger partial charge in [-0.05, 0) is 55.5 Å². The smallest absolute Gasteiger partial charge is 0.270 e. The summed E-state index contributed by atoms with van der Waals surface area (Å²) >= 11 is 3.23. The number of nitro benzene ring substituents is 1. The maximum Gasteiger partial charge on any atom is 0.270 e. The average Bonchev–Trinajstić information content (AvgIpc) is 2.37. The molecule has 0 aliphatic heterocycles. The number of carbonyl (C=O) groups excluding carboxylic acids is 1. The predicted octanol–water partition coefficient (Wildman–Crippen LogP) is 2.43. The van der Waals surface area contributed by atoms with Gasteiger partial charge in [0.1, 0.15) is 0 Å². The number of hydrogen-bond donors (Lipinski definition) is 1. The molecule has 0 aromatic heterocycles. The van der Waals surface area contributed by atoms with Crippen LogP contribution in [-0.2, 0) is 0 Å². The summed E-state index contributed by atoms with van der Waals surface area (Å²) in [7, 11) is 4.00. The van der Waals surface area contributed by atoms with E-state index in [2.05, 4.69) is 26.1 Å². The fraction of sp³-hybridized carbons (Fsp3) is 0.462. The Morgan fingerprint density at radius 1 is 1.40 bits per heavy atom. The van der Waals surface area contributed by atoms with E-state index in [4.69, 9.17) is 0 Å². The molecule has 0 heterocycles. The molecule has 0 radical (unpaired) electrons. The Bertz CT molecular complexity index is 492. The van der Waals surface area contributed by atoms with Crippen molar-refractivity contribution in [1.29, 1.82) is 0 Å². The summed E-state index contributed by atoms with van der Waals surface area (Å²) in [5.74, 6) is -0.301. The summed E-state index contributed by atoms with van der Waals surface area (Å²) in [5.41, 5.74) is 0.192. The normalized spacial score (nSPS) is 10.6. The van der Waals surface area contributed by atoms with E-state index in [1.54, 1.807) is 0 Å². The highest BCUT2D eigenvalue weighted by molar-refractivity contribution is 9.10. The fourth-order valence-corrected chi connectivity index (χ4v) is 2.08. The molecule has 1 rings (SSSR count). The van der Waals surface area contributed by atoms with Crippen LogP contribution in [0, 0.1) is 10.1 Å². The maximum atomic E-state index is 12.0. The molecule has 20 heavy (non-hydrogen) atoms. The standard InChI is InChI=1S/C13H18BrN3O3/c1-16(2)8-4-3-7-15-13(18)11-9-10(17(19)20)5-6-12(11)14/h5-6,9H,3-4,7-8H2,1-2H3,(H,15,18). The first-order valence-electron chi connectivity index (χ1n) is 6.28. The lowest BCUT2D eigenvalue weighted by Crippen LogP contribution is -2.25. The molecule has 7 heteroatoms. The third-order valence-electron chi connectivity index (χ3n) is 2.72. The molecule has 0 saturated carbocycles. The van der Waals surface area contributed by atoms with Crippen molar-refractivity contribution in [2.24, 2.45) is 0 Å². The van der Waals surface area contributed by atoms with Crippen LogP contribution < -0.4 is 5.32 Å². The topological polar surface area (TPSA) is 75.5 Å². The van der Waals surface area contributed by atoms with Crippen LogP contribution in [0.15, 0.2) is 22.7 Å². The van der Waals surface area contributed by atoms with Crippen molar-refractivity contribution >= 4 is 27.5 Å². The summed E-state index contributed by atoms with van der Waals surface area (Å²) in [6, 6.07) is 4.15. The molecule has 0 bridgehead atoms. The molecule has 0 aliphatic rings. The minimum Gasteiger partial charge on any atom is -0.352 e. The van der Waals surface area contributed by atoms with E-state index in [1.807, 2.05) is 14.1 Å². The number of nitro groups is 1. The molecule has 1 aromatic carbocycles. The molecule has 0 fully saturated rings. The third-order valence-corrected chi connectivity index (χ3v) is 3.41. The number of nitrogens with one attached hydrogen (secondary N) is 1. The Labute approximate surface area is 126 Å². The van der Waals surface area contributed by atoms with E-state index < -0.39 is 4.92 Å². The predicted molar refractivity (Wildman–Crippen MR) is 80.9 cm³/mol. The van der Waals surface area contributed by atoms with Crippen LogP contribution in [0.3, 0.4) is 0 Å². The largest absolute Gasteiger partial charge is 0.352 e. The van der Waals surface area contributed by atoms with Gasteiger partial charge in [0.05, 0.1) is 10.5 Å². The lowest BCUT2D eigenvalue weighted by molar-refractivity contribution is -0.384. The molecule has 0 aliphatic carbocycles. The Morgan fingerprint density at radius 2 is 2.10 bits per heavy atom. The molecular weight excluding hydrogens is 326 g/mol. The molecule has 0 unspecified atom stereocenters.